The summed E-state index contributed by atoms with van der Waals surface area (Å²) in [7, 11) is 0. The SMILES string of the molecule is Cc1cc(NC(=O)c2cccc(F)c2)sc1C(=O)Nc1cccc(C(=O)N2CCCC2)c1C. The molecule has 0 spiro atoms. The zero-order chi connectivity index (χ0) is 23.5. The third-order valence-electron chi connectivity index (χ3n) is 5.65. The topological polar surface area (TPSA) is 78.5 Å². The highest BCUT2D eigenvalue weighted by Crippen LogP contribution is 2.29. The number of rotatable bonds is 5. The minimum absolute atomic E-state index is 0.0178. The molecule has 170 valence electrons. The van der Waals surface area contributed by atoms with Gasteiger partial charge in [-0.2, -0.15) is 0 Å². The monoisotopic (exact) mass is 465 g/mol. The third kappa shape index (κ3) is 4.96. The van der Waals surface area contributed by atoms with E-state index in [1.807, 2.05) is 11.8 Å². The van der Waals surface area contributed by atoms with Gasteiger partial charge in [-0.15, -0.1) is 11.3 Å². The molecule has 33 heavy (non-hydrogen) atoms. The lowest BCUT2D eigenvalue weighted by molar-refractivity contribution is 0.0791. The Morgan fingerprint density at radius 3 is 2.39 bits per heavy atom. The van der Waals surface area contributed by atoms with E-state index in [-0.39, 0.29) is 17.4 Å². The maximum Gasteiger partial charge on any atom is 0.266 e. The van der Waals surface area contributed by atoms with Crippen molar-refractivity contribution in [2.45, 2.75) is 26.7 Å². The molecule has 1 aliphatic heterocycles. The summed E-state index contributed by atoms with van der Waals surface area (Å²) >= 11 is 1.14. The van der Waals surface area contributed by atoms with Gasteiger partial charge >= 0.3 is 0 Å². The van der Waals surface area contributed by atoms with Gasteiger partial charge in [-0.3, -0.25) is 14.4 Å². The van der Waals surface area contributed by atoms with Crippen molar-refractivity contribution in [3.05, 3.63) is 81.5 Å². The number of likely N-dealkylation sites (tertiary alicyclic amines) is 1. The van der Waals surface area contributed by atoms with Gasteiger partial charge in [-0.1, -0.05) is 12.1 Å². The summed E-state index contributed by atoms with van der Waals surface area (Å²) in [5.41, 5.74) is 2.77. The maximum absolute atomic E-state index is 13.4. The number of nitrogens with one attached hydrogen (secondary N) is 2. The highest BCUT2D eigenvalue weighted by Gasteiger charge is 2.23. The summed E-state index contributed by atoms with van der Waals surface area (Å²) in [5, 5.41) is 6.10. The van der Waals surface area contributed by atoms with Crippen LogP contribution in [0.5, 0.6) is 0 Å². The highest BCUT2D eigenvalue weighted by molar-refractivity contribution is 7.18. The molecule has 2 heterocycles. The summed E-state index contributed by atoms with van der Waals surface area (Å²) in [5.74, 6) is -1.29. The number of aryl methyl sites for hydroxylation is 1. The third-order valence-corrected chi connectivity index (χ3v) is 6.80. The van der Waals surface area contributed by atoms with Gasteiger partial charge in [0.15, 0.2) is 0 Å². The fourth-order valence-corrected chi connectivity index (χ4v) is 4.82. The van der Waals surface area contributed by atoms with Crippen LogP contribution in [0, 0.1) is 19.7 Å². The zero-order valence-electron chi connectivity index (χ0n) is 18.4. The zero-order valence-corrected chi connectivity index (χ0v) is 19.2. The minimum atomic E-state index is -0.495. The van der Waals surface area contributed by atoms with Gasteiger partial charge in [-0.05, 0) is 74.2 Å². The van der Waals surface area contributed by atoms with Crippen molar-refractivity contribution >= 4 is 39.7 Å². The summed E-state index contributed by atoms with van der Waals surface area (Å²) < 4.78 is 13.4. The fourth-order valence-electron chi connectivity index (χ4n) is 3.86. The first-order valence-electron chi connectivity index (χ1n) is 10.7. The standard InChI is InChI=1S/C25H24FN3O3S/c1-15-13-21(28-23(30)17-7-5-8-18(26)14-17)33-22(15)24(31)27-20-10-6-9-19(16(20)2)25(32)29-11-3-4-12-29/h5-10,13-14H,3-4,11-12H2,1-2H3,(H,27,31)(H,28,30). The van der Waals surface area contributed by atoms with Crippen molar-refractivity contribution in [2.24, 2.45) is 0 Å². The Morgan fingerprint density at radius 2 is 1.67 bits per heavy atom. The average Bonchev–Trinajstić information content (AvgIpc) is 3.45. The molecule has 2 N–H and O–H groups in total. The smallest absolute Gasteiger partial charge is 0.266 e. The Bertz CT molecular complexity index is 1230. The van der Waals surface area contributed by atoms with Crippen LogP contribution in [0.15, 0.2) is 48.5 Å². The van der Waals surface area contributed by atoms with E-state index in [0.717, 1.165) is 48.9 Å². The van der Waals surface area contributed by atoms with Crippen LogP contribution in [-0.2, 0) is 0 Å². The quantitative estimate of drug-likeness (QED) is 0.541. The number of hydrogen-bond donors (Lipinski definition) is 2. The van der Waals surface area contributed by atoms with Crippen molar-refractivity contribution in [1.82, 2.24) is 4.90 Å². The van der Waals surface area contributed by atoms with Crippen molar-refractivity contribution in [3.63, 3.8) is 0 Å². The van der Waals surface area contributed by atoms with E-state index in [9.17, 15) is 18.8 Å². The van der Waals surface area contributed by atoms with E-state index in [4.69, 9.17) is 0 Å². The van der Waals surface area contributed by atoms with Gasteiger partial charge in [0.05, 0.1) is 9.88 Å². The summed E-state index contributed by atoms with van der Waals surface area (Å²) in [4.78, 5) is 40.5. The van der Waals surface area contributed by atoms with Crippen LogP contribution in [0.3, 0.4) is 0 Å². The molecule has 3 amide bonds. The Labute approximate surface area is 195 Å². The lowest BCUT2D eigenvalue weighted by Gasteiger charge is -2.18. The Balaban J connectivity index is 1.49. The van der Waals surface area contributed by atoms with Gasteiger partial charge in [0, 0.05) is 29.9 Å². The van der Waals surface area contributed by atoms with Crippen LogP contribution in [0.25, 0.3) is 0 Å². The number of benzene rings is 2. The normalized spacial score (nSPS) is 13.1. The van der Waals surface area contributed by atoms with Crippen molar-refractivity contribution in [1.29, 1.82) is 0 Å². The molecular weight excluding hydrogens is 441 g/mol. The van der Waals surface area contributed by atoms with Crippen molar-refractivity contribution in [3.8, 4) is 0 Å². The Morgan fingerprint density at radius 1 is 0.939 bits per heavy atom. The van der Waals surface area contributed by atoms with Gasteiger partial charge in [0.25, 0.3) is 17.7 Å². The molecule has 1 aliphatic rings. The van der Waals surface area contributed by atoms with Crippen molar-refractivity contribution in [2.75, 3.05) is 23.7 Å². The van der Waals surface area contributed by atoms with Crippen LogP contribution in [0.1, 0.15) is 54.4 Å². The first kappa shape index (κ1) is 22.7. The van der Waals surface area contributed by atoms with E-state index in [2.05, 4.69) is 10.6 Å². The number of carbonyl (C=O) groups is 3. The Kier molecular flexibility index (Phi) is 6.55. The van der Waals surface area contributed by atoms with Gasteiger partial charge < -0.3 is 15.5 Å². The molecule has 1 fully saturated rings. The molecular formula is C25H24FN3O3S. The summed E-state index contributed by atoms with van der Waals surface area (Å²) in [6, 6.07) is 12.4. The summed E-state index contributed by atoms with van der Waals surface area (Å²) in [6.07, 6.45) is 2.02. The lowest BCUT2D eigenvalue weighted by Crippen LogP contribution is -2.28. The molecule has 0 atom stereocenters. The molecule has 1 saturated heterocycles. The largest absolute Gasteiger partial charge is 0.339 e. The number of thiophene rings is 1. The number of halogens is 1. The van der Waals surface area contributed by atoms with Gasteiger partial charge in [0.2, 0.25) is 0 Å². The van der Waals surface area contributed by atoms with Crippen LogP contribution in [0.4, 0.5) is 15.1 Å². The predicted molar refractivity (Wildman–Crippen MR) is 128 cm³/mol. The molecule has 6 nitrogen and oxygen atoms in total. The first-order valence-corrected chi connectivity index (χ1v) is 11.5. The van der Waals surface area contributed by atoms with Crippen LogP contribution in [-0.4, -0.2) is 35.7 Å². The van der Waals surface area contributed by atoms with Crippen molar-refractivity contribution < 1.29 is 18.8 Å². The average molecular weight is 466 g/mol. The highest BCUT2D eigenvalue weighted by atomic mass is 32.1. The summed E-state index contributed by atoms with van der Waals surface area (Å²) in [6.45, 7) is 5.12. The molecule has 0 bridgehead atoms. The Hall–Kier alpha value is -3.52. The number of carbonyl (C=O) groups excluding carboxylic acids is 3. The van der Waals surface area contributed by atoms with Gasteiger partial charge in [-0.25, -0.2) is 4.39 Å². The molecule has 1 aromatic heterocycles. The van der Waals surface area contributed by atoms with Crippen LogP contribution in [0.2, 0.25) is 0 Å². The molecule has 4 rings (SSSR count). The first-order chi connectivity index (χ1) is 15.8. The number of anilines is 2. The van der Waals surface area contributed by atoms with Crippen LogP contribution < -0.4 is 10.6 Å². The van der Waals surface area contributed by atoms with E-state index in [1.165, 1.54) is 18.2 Å². The molecule has 3 aromatic rings. The lowest BCUT2D eigenvalue weighted by atomic mass is 10.1. The van der Waals surface area contributed by atoms with Crippen LogP contribution >= 0.6 is 11.3 Å². The predicted octanol–water partition coefficient (Wildman–Crippen LogP) is 5.24. The second-order valence-electron chi connectivity index (χ2n) is 8.02. The fraction of sp³-hybridized carbons (Fsp3) is 0.240. The van der Waals surface area contributed by atoms with E-state index < -0.39 is 11.7 Å². The van der Waals surface area contributed by atoms with Gasteiger partial charge in [0.1, 0.15) is 5.82 Å². The molecule has 2 aromatic carbocycles. The minimum Gasteiger partial charge on any atom is -0.339 e. The molecule has 0 unspecified atom stereocenters. The molecule has 0 saturated carbocycles. The van der Waals surface area contributed by atoms with E-state index >= 15 is 0 Å². The molecule has 0 aliphatic carbocycles. The number of amides is 3. The second-order valence-corrected chi connectivity index (χ2v) is 9.07. The maximum atomic E-state index is 13.4. The van der Waals surface area contributed by atoms with E-state index in [0.29, 0.717) is 26.7 Å². The number of nitrogens with zero attached hydrogens (tertiary/aromatic N) is 1. The molecule has 0 radical (unpaired) electrons. The van der Waals surface area contributed by atoms with E-state index in [1.54, 1.807) is 31.2 Å². The number of hydrogen-bond acceptors (Lipinski definition) is 4. The molecule has 8 heteroatoms. The second kappa shape index (κ2) is 9.54.